The summed E-state index contributed by atoms with van der Waals surface area (Å²) < 4.78 is 28.7. The van der Waals surface area contributed by atoms with E-state index in [1.165, 1.54) is 4.57 Å². The number of aromatic amines is 1. The molecule has 0 radical (unpaired) electrons. The first-order valence-electron chi connectivity index (χ1n) is 4.51. The lowest BCUT2D eigenvalue weighted by Gasteiger charge is -2.17. The van der Waals surface area contributed by atoms with E-state index in [0.717, 1.165) is 0 Å². The number of aromatic nitrogens is 3. The third-order valence-corrected chi connectivity index (χ3v) is 3.10. The van der Waals surface area contributed by atoms with Gasteiger partial charge in [0.1, 0.15) is 5.82 Å². The highest BCUT2D eigenvalue weighted by Gasteiger charge is 2.46. The Morgan fingerprint density at radius 2 is 2.36 bits per heavy atom. The fraction of sp³-hybridized carbons (Fsp3) is 0.750. The summed E-state index contributed by atoms with van der Waals surface area (Å²) in [6, 6.07) is 0. The van der Waals surface area contributed by atoms with E-state index in [0.29, 0.717) is 23.4 Å². The van der Waals surface area contributed by atoms with Crippen molar-refractivity contribution in [3.05, 3.63) is 10.6 Å². The van der Waals surface area contributed by atoms with Crippen LogP contribution in [0.15, 0.2) is 0 Å². The SMILES string of the molecule is Cn1c(C2CCCC2(F)F)n[nH]c1=S. The molecule has 1 fully saturated rings. The van der Waals surface area contributed by atoms with Crippen LogP contribution in [0.3, 0.4) is 0 Å². The first-order chi connectivity index (χ1) is 6.52. The van der Waals surface area contributed by atoms with Gasteiger partial charge in [-0.05, 0) is 25.1 Å². The lowest BCUT2D eigenvalue weighted by molar-refractivity contribution is -0.0121. The first kappa shape index (κ1) is 9.76. The van der Waals surface area contributed by atoms with Gasteiger partial charge in [0.15, 0.2) is 4.77 Å². The van der Waals surface area contributed by atoms with Crippen LogP contribution < -0.4 is 0 Å². The molecule has 14 heavy (non-hydrogen) atoms. The van der Waals surface area contributed by atoms with E-state index in [2.05, 4.69) is 10.2 Å². The smallest absolute Gasteiger partial charge is 0.257 e. The number of hydrogen-bond donors (Lipinski definition) is 1. The fourth-order valence-electron chi connectivity index (χ4n) is 1.92. The van der Waals surface area contributed by atoms with E-state index in [-0.39, 0.29) is 6.42 Å². The predicted molar refractivity (Wildman–Crippen MR) is 49.9 cm³/mol. The summed E-state index contributed by atoms with van der Waals surface area (Å²) in [6.07, 6.45) is 0.995. The van der Waals surface area contributed by atoms with Gasteiger partial charge in [-0.25, -0.2) is 8.78 Å². The Bertz CT molecular complexity index is 396. The Hall–Kier alpha value is -0.780. The van der Waals surface area contributed by atoms with Gasteiger partial charge in [0.05, 0.1) is 5.92 Å². The number of H-pyrrole nitrogens is 1. The minimum absolute atomic E-state index is 0.0444. The van der Waals surface area contributed by atoms with E-state index in [1.807, 2.05) is 0 Å². The molecule has 2 rings (SSSR count). The second kappa shape index (κ2) is 3.12. The molecule has 1 aromatic rings. The molecule has 1 aliphatic rings. The van der Waals surface area contributed by atoms with Crippen LogP contribution in [0.5, 0.6) is 0 Å². The molecule has 6 heteroatoms. The summed E-state index contributed by atoms with van der Waals surface area (Å²) in [7, 11) is 1.66. The molecule has 1 atom stereocenters. The highest BCUT2D eigenvalue weighted by atomic mass is 32.1. The normalized spacial score (nSPS) is 25.5. The highest BCUT2D eigenvalue weighted by molar-refractivity contribution is 7.71. The topological polar surface area (TPSA) is 33.6 Å². The predicted octanol–water partition coefficient (Wildman–Crippen LogP) is 2.38. The molecule has 1 saturated carbocycles. The molecule has 0 saturated heterocycles. The van der Waals surface area contributed by atoms with Crippen LogP contribution in [0.4, 0.5) is 8.78 Å². The standard InChI is InChI=1S/C8H11F2N3S/c1-13-6(11-12-7(13)14)5-3-2-4-8(5,9)10/h5H,2-4H2,1H3,(H,12,14). The summed E-state index contributed by atoms with van der Waals surface area (Å²) in [4.78, 5) is 0. The fourth-order valence-corrected chi connectivity index (χ4v) is 2.06. The van der Waals surface area contributed by atoms with Crippen molar-refractivity contribution >= 4 is 12.2 Å². The molecule has 78 valence electrons. The summed E-state index contributed by atoms with van der Waals surface area (Å²) in [6.45, 7) is 0. The summed E-state index contributed by atoms with van der Waals surface area (Å²) in [5, 5.41) is 6.39. The summed E-state index contributed by atoms with van der Waals surface area (Å²) in [5.41, 5.74) is 0. The molecule has 1 unspecified atom stereocenters. The van der Waals surface area contributed by atoms with Crippen LogP contribution in [-0.4, -0.2) is 20.7 Å². The quantitative estimate of drug-likeness (QED) is 0.736. The van der Waals surface area contributed by atoms with E-state index < -0.39 is 11.8 Å². The molecule has 0 amide bonds. The summed E-state index contributed by atoms with van der Waals surface area (Å²) in [5.74, 6) is -3.03. The number of alkyl halides is 2. The molecular formula is C8H11F2N3S. The maximum atomic E-state index is 13.4. The largest absolute Gasteiger partial charge is 0.307 e. The zero-order valence-corrected chi connectivity index (χ0v) is 8.57. The third-order valence-electron chi connectivity index (χ3n) is 2.74. The van der Waals surface area contributed by atoms with Crippen LogP contribution >= 0.6 is 12.2 Å². The van der Waals surface area contributed by atoms with Gasteiger partial charge in [-0.3, -0.25) is 5.10 Å². The zero-order valence-electron chi connectivity index (χ0n) is 7.76. The van der Waals surface area contributed by atoms with Crippen molar-refractivity contribution in [1.29, 1.82) is 0 Å². The molecule has 1 heterocycles. The number of halogens is 2. The molecule has 0 aliphatic heterocycles. The Kier molecular flexibility index (Phi) is 2.17. The molecule has 0 bridgehead atoms. The van der Waals surface area contributed by atoms with Gasteiger partial charge in [0.2, 0.25) is 0 Å². The van der Waals surface area contributed by atoms with E-state index in [9.17, 15) is 8.78 Å². The molecule has 1 aromatic heterocycles. The minimum atomic E-state index is -2.63. The molecular weight excluding hydrogens is 208 g/mol. The average molecular weight is 219 g/mol. The summed E-state index contributed by atoms with van der Waals surface area (Å²) >= 11 is 4.88. The minimum Gasteiger partial charge on any atom is -0.307 e. The molecule has 0 aromatic carbocycles. The van der Waals surface area contributed by atoms with Gasteiger partial charge < -0.3 is 4.57 Å². The van der Waals surface area contributed by atoms with Crippen LogP contribution in [0.1, 0.15) is 31.0 Å². The number of nitrogens with zero attached hydrogens (tertiary/aromatic N) is 2. The van der Waals surface area contributed by atoms with Crippen molar-refractivity contribution in [2.75, 3.05) is 0 Å². The Morgan fingerprint density at radius 1 is 1.64 bits per heavy atom. The molecule has 1 N–H and O–H groups in total. The van der Waals surface area contributed by atoms with Gasteiger partial charge in [0.25, 0.3) is 5.92 Å². The zero-order chi connectivity index (χ0) is 10.3. The average Bonchev–Trinajstić information content (AvgIpc) is 2.59. The van der Waals surface area contributed by atoms with Crippen LogP contribution in [0.2, 0.25) is 0 Å². The maximum absolute atomic E-state index is 13.4. The van der Waals surface area contributed by atoms with Gasteiger partial charge in [-0.2, -0.15) is 5.10 Å². The van der Waals surface area contributed by atoms with Gasteiger partial charge in [-0.1, -0.05) is 0 Å². The highest BCUT2D eigenvalue weighted by Crippen LogP contribution is 2.45. The Labute approximate surface area is 85.1 Å². The lowest BCUT2D eigenvalue weighted by Crippen LogP contribution is -2.22. The van der Waals surface area contributed by atoms with Crippen LogP contribution in [0, 0.1) is 4.77 Å². The van der Waals surface area contributed by atoms with Crippen molar-refractivity contribution < 1.29 is 8.78 Å². The van der Waals surface area contributed by atoms with Crippen molar-refractivity contribution in [2.24, 2.45) is 7.05 Å². The van der Waals surface area contributed by atoms with E-state index >= 15 is 0 Å². The lowest BCUT2D eigenvalue weighted by atomic mass is 10.0. The second-order valence-corrected chi connectivity index (χ2v) is 4.04. The van der Waals surface area contributed by atoms with E-state index in [4.69, 9.17) is 12.2 Å². The van der Waals surface area contributed by atoms with Crippen molar-refractivity contribution in [2.45, 2.75) is 31.1 Å². The second-order valence-electron chi connectivity index (χ2n) is 3.65. The number of rotatable bonds is 1. The van der Waals surface area contributed by atoms with Crippen molar-refractivity contribution in [3.63, 3.8) is 0 Å². The number of hydrogen-bond acceptors (Lipinski definition) is 2. The van der Waals surface area contributed by atoms with Crippen molar-refractivity contribution in [3.8, 4) is 0 Å². The van der Waals surface area contributed by atoms with Crippen LogP contribution in [-0.2, 0) is 7.05 Å². The maximum Gasteiger partial charge on any atom is 0.257 e. The molecule has 0 spiro atoms. The van der Waals surface area contributed by atoms with Crippen LogP contribution in [0.25, 0.3) is 0 Å². The van der Waals surface area contributed by atoms with E-state index in [1.54, 1.807) is 7.05 Å². The Balaban J connectivity index is 2.40. The van der Waals surface area contributed by atoms with Gasteiger partial charge in [0, 0.05) is 13.5 Å². The van der Waals surface area contributed by atoms with Gasteiger partial charge >= 0.3 is 0 Å². The van der Waals surface area contributed by atoms with Crippen molar-refractivity contribution in [1.82, 2.24) is 14.8 Å². The monoisotopic (exact) mass is 219 g/mol. The third kappa shape index (κ3) is 1.37. The first-order valence-corrected chi connectivity index (χ1v) is 4.92. The molecule has 3 nitrogen and oxygen atoms in total. The number of nitrogens with one attached hydrogen (secondary N) is 1. The van der Waals surface area contributed by atoms with Gasteiger partial charge in [-0.15, -0.1) is 0 Å². The molecule has 1 aliphatic carbocycles. The Morgan fingerprint density at radius 3 is 2.79 bits per heavy atom.